The van der Waals surface area contributed by atoms with Gasteiger partial charge in [-0.25, -0.2) is 9.97 Å². The van der Waals surface area contributed by atoms with Gasteiger partial charge in [0.15, 0.2) is 5.82 Å². The highest BCUT2D eigenvalue weighted by Crippen LogP contribution is 2.57. The van der Waals surface area contributed by atoms with E-state index in [1.165, 1.54) is 13.0 Å². The molecule has 1 saturated carbocycles. The van der Waals surface area contributed by atoms with Crippen molar-refractivity contribution < 1.29 is 13.6 Å². The Morgan fingerprint density at radius 1 is 1.38 bits per heavy atom. The molecule has 1 amide bonds. The summed E-state index contributed by atoms with van der Waals surface area (Å²) in [6.45, 7) is 2.61. The van der Waals surface area contributed by atoms with E-state index in [0.29, 0.717) is 19.3 Å². The number of H-pyrrole nitrogens is 1. The summed E-state index contributed by atoms with van der Waals surface area (Å²) in [6.07, 6.45) is 3.62. The van der Waals surface area contributed by atoms with Gasteiger partial charge in [0.05, 0.1) is 5.69 Å². The maximum absolute atomic E-state index is 13.7. The van der Waals surface area contributed by atoms with Gasteiger partial charge in [0, 0.05) is 49.7 Å². The highest BCUT2D eigenvalue weighted by molar-refractivity contribution is 5.89. The topological polar surface area (TPSA) is 91.0 Å². The number of aromatic amines is 1. The molecule has 3 heterocycles. The number of carbonyl (C=O) groups excluding carboxylic acids is 1. The first-order valence-corrected chi connectivity index (χ1v) is 8.23. The van der Waals surface area contributed by atoms with Crippen molar-refractivity contribution in [2.75, 3.05) is 16.8 Å². The van der Waals surface area contributed by atoms with Crippen molar-refractivity contribution >= 4 is 23.2 Å². The minimum atomic E-state index is -3.26. The summed E-state index contributed by atoms with van der Waals surface area (Å²) >= 11 is 0. The number of hydrogen-bond donors (Lipinski definition) is 2. The quantitative estimate of drug-likeness (QED) is 0.876. The third-order valence-corrected chi connectivity index (χ3v) is 4.78. The van der Waals surface area contributed by atoms with Gasteiger partial charge in [-0.3, -0.25) is 9.59 Å². The van der Waals surface area contributed by atoms with Crippen LogP contribution in [0, 0.1) is 0 Å². The molecule has 2 aliphatic rings. The summed E-state index contributed by atoms with van der Waals surface area (Å²) in [5.74, 6) is -3.66. The second-order valence-electron chi connectivity index (χ2n) is 6.97. The average Bonchev–Trinajstić information content (AvgIpc) is 3.23. The first kappa shape index (κ1) is 16.6. The van der Waals surface area contributed by atoms with Crippen LogP contribution in [0.2, 0.25) is 0 Å². The lowest BCUT2D eigenvalue weighted by Crippen LogP contribution is -2.26. The largest absolute Gasteiger partial charge is 0.325 e. The molecular formula is C17H17F2N5O2. The second kappa shape index (κ2) is 5.33. The van der Waals surface area contributed by atoms with Crippen molar-refractivity contribution in [3.63, 3.8) is 0 Å². The number of halogens is 2. The van der Waals surface area contributed by atoms with E-state index in [9.17, 15) is 18.4 Å². The number of pyridine rings is 1. The second-order valence-corrected chi connectivity index (χ2v) is 6.97. The van der Waals surface area contributed by atoms with Crippen LogP contribution in [0.25, 0.3) is 0 Å². The van der Waals surface area contributed by atoms with Gasteiger partial charge in [0.2, 0.25) is 5.91 Å². The minimum absolute atomic E-state index is 0.0870. The van der Waals surface area contributed by atoms with E-state index in [1.54, 1.807) is 17.2 Å². The molecule has 2 aromatic rings. The summed E-state index contributed by atoms with van der Waals surface area (Å²) < 4.78 is 27.3. The summed E-state index contributed by atoms with van der Waals surface area (Å²) in [5, 5.41) is 2.62. The van der Waals surface area contributed by atoms with Crippen molar-refractivity contribution in [1.29, 1.82) is 0 Å². The number of hydrogen-bond acceptors (Lipinski definition) is 5. The summed E-state index contributed by atoms with van der Waals surface area (Å²) in [6, 6.07) is 2.90. The fourth-order valence-electron chi connectivity index (χ4n) is 3.37. The lowest BCUT2D eigenvalue weighted by Gasteiger charge is -2.20. The molecule has 9 heteroatoms. The molecule has 4 rings (SSSR count). The first-order valence-electron chi connectivity index (χ1n) is 8.23. The molecule has 0 atom stereocenters. The minimum Gasteiger partial charge on any atom is -0.325 e. The SMILES string of the molecule is CC(=O)Nc1cc2c(cn1)C1(CC1)CN2c1cc(=O)[nH]c(C(C)(F)F)n1. The van der Waals surface area contributed by atoms with Crippen LogP contribution < -0.4 is 15.8 Å². The molecule has 1 spiro atoms. The molecule has 0 saturated heterocycles. The fraction of sp³-hybridized carbons (Fsp3) is 0.412. The van der Waals surface area contributed by atoms with Crippen molar-refractivity contribution in [3.8, 4) is 0 Å². The van der Waals surface area contributed by atoms with Crippen molar-refractivity contribution in [2.45, 2.75) is 38.0 Å². The molecule has 0 bridgehead atoms. The molecule has 2 N–H and O–H groups in total. The standard InChI is InChI=1S/C17H17F2N5O2/c1-9(25)21-12-5-11-10(7-20-12)17(3-4-17)8-24(11)13-6-14(26)23-15(22-13)16(2,18)19/h5-7H,3-4,8H2,1-2H3,(H,20,21,25)(H,22,23,26). The molecule has 2 aromatic heterocycles. The number of anilines is 3. The molecule has 0 aromatic carbocycles. The van der Waals surface area contributed by atoms with Crippen LogP contribution in [0.5, 0.6) is 0 Å². The Hall–Kier alpha value is -2.84. The number of alkyl halides is 2. The maximum Gasteiger partial charge on any atom is 0.302 e. The molecule has 0 radical (unpaired) electrons. The van der Waals surface area contributed by atoms with Crippen LogP contribution in [-0.2, 0) is 16.1 Å². The Balaban J connectivity index is 1.82. The van der Waals surface area contributed by atoms with Crippen molar-refractivity contribution in [2.24, 2.45) is 0 Å². The van der Waals surface area contributed by atoms with Crippen molar-refractivity contribution in [3.05, 3.63) is 40.1 Å². The lowest BCUT2D eigenvalue weighted by molar-refractivity contribution is -0.114. The number of aromatic nitrogens is 3. The molecule has 1 aliphatic heterocycles. The van der Waals surface area contributed by atoms with E-state index in [2.05, 4.69) is 20.3 Å². The van der Waals surface area contributed by atoms with Gasteiger partial charge in [-0.2, -0.15) is 8.78 Å². The smallest absolute Gasteiger partial charge is 0.302 e. The van der Waals surface area contributed by atoms with Gasteiger partial charge in [0.25, 0.3) is 5.56 Å². The van der Waals surface area contributed by atoms with Crippen LogP contribution in [0.4, 0.5) is 26.1 Å². The highest BCUT2D eigenvalue weighted by Gasteiger charge is 2.52. The Kier molecular flexibility index (Phi) is 3.40. The third-order valence-electron chi connectivity index (χ3n) is 4.78. The zero-order chi connectivity index (χ0) is 18.7. The van der Waals surface area contributed by atoms with Gasteiger partial charge in [0.1, 0.15) is 11.6 Å². The van der Waals surface area contributed by atoms with Gasteiger partial charge in [-0.05, 0) is 12.8 Å². The van der Waals surface area contributed by atoms with Gasteiger partial charge < -0.3 is 15.2 Å². The van der Waals surface area contributed by atoms with Crippen LogP contribution >= 0.6 is 0 Å². The molecule has 1 aliphatic carbocycles. The zero-order valence-corrected chi connectivity index (χ0v) is 14.3. The fourth-order valence-corrected chi connectivity index (χ4v) is 3.37. The normalized spacial score (nSPS) is 17.3. The predicted octanol–water partition coefficient (Wildman–Crippen LogP) is 2.42. The lowest BCUT2D eigenvalue weighted by atomic mass is 10.0. The number of nitrogens with zero attached hydrogens (tertiary/aromatic N) is 3. The molecule has 7 nitrogen and oxygen atoms in total. The molecule has 1 fully saturated rings. The number of fused-ring (bicyclic) bond motifs is 2. The van der Waals surface area contributed by atoms with E-state index in [4.69, 9.17) is 0 Å². The molecule has 0 unspecified atom stereocenters. The highest BCUT2D eigenvalue weighted by atomic mass is 19.3. The van der Waals surface area contributed by atoms with Crippen LogP contribution in [-0.4, -0.2) is 27.4 Å². The van der Waals surface area contributed by atoms with Gasteiger partial charge in [-0.15, -0.1) is 0 Å². The molecule has 136 valence electrons. The third kappa shape index (κ3) is 2.73. The van der Waals surface area contributed by atoms with E-state index < -0.39 is 17.3 Å². The number of rotatable bonds is 3. The van der Waals surface area contributed by atoms with E-state index in [1.807, 2.05) is 0 Å². The first-order chi connectivity index (χ1) is 12.2. The van der Waals surface area contributed by atoms with E-state index in [0.717, 1.165) is 24.1 Å². The van der Waals surface area contributed by atoms with E-state index in [-0.39, 0.29) is 17.1 Å². The van der Waals surface area contributed by atoms with Crippen LogP contribution in [0.15, 0.2) is 23.1 Å². The Labute approximate surface area is 147 Å². The number of nitrogens with one attached hydrogen (secondary N) is 2. The summed E-state index contributed by atoms with van der Waals surface area (Å²) in [7, 11) is 0. The van der Waals surface area contributed by atoms with Crippen LogP contribution in [0.1, 0.15) is 38.1 Å². The maximum atomic E-state index is 13.7. The number of carbonyl (C=O) groups is 1. The monoisotopic (exact) mass is 361 g/mol. The molecule has 26 heavy (non-hydrogen) atoms. The zero-order valence-electron chi connectivity index (χ0n) is 14.3. The van der Waals surface area contributed by atoms with E-state index >= 15 is 0 Å². The number of amides is 1. The average molecular weight is 361 g/mol. The van der Waals surface area contributed by atoms with Gasteiger partial charge in [-0.1, -0.05) is 0 Å². The van der Waals surface area contributed by atoms with Gasteiger partial charge >= 0.3 is 5.92 Å². The Morgan fingerprint density at radius 2 is 2.12 bits per heavy atom. The Morgan fingerprint density at radius 3 is 2.73 bits per heavy atom. The Bertz CT molecular complexity index is 962. The summed E-state index contributed by atoms with van der Waals surface area (Å²) in [5.41, 5.74) is 0.986. The predicted molar refractivity (Wildman–Crippen MR) is 90.9 cm³/mol. The molecular weight excluding hydrogens is 344 g/mol. The van der Waals surface area contributed by atoms with Crippen molar-refractivity contribution in [1.82, 2.24) is 15.0 Å². The van der Waals surface area contributed by atoms with Crippen LogP contribution in [0.3, 0.4) is 0 Å². The summed E-state index contributed by atoms with van der Waals surface area (Å²) in [4.78, 5) is 35.3.